The Morgan fingerprint density at radius 2 is 2.35 bits per heavy atom. The van der Waals surface area contributed by atoms with Crippen molar-refractivity contribution in [3.8, 4) is 0 Å². The molecular weight excluding hydrogens is 238 g/mol. The molecule has 0 aromatic carbocycles. The van der Waals surface area contributed by atoms with E-state index in [-0.39, 0.29) is 24.5 Å². The molecule has 0 spiro atoms. The molecule has 0 aromatic rings. The lowest BCUT2D eigenvalue weighted by molar-refractivity contribution is -0.126. The van der Waals surface area contributed by atoms with E-state index in [1.807, 2.05) is 0 Å². The number of aliphatic hydroxyl groups excluding tert-OH is 1. The second-order valence-corrected chi connectivity index (χ2v) is 5.42. The molecule has 2 atom stereocenters. The van der Waals surface area contributed by atoms with E-state index < -0.39 is 0 Å². The Morgan fingerprint density at radius 3 is 3.06 bits per heavy atom. The molecule has 2 unspecified atom stereocenters. The van der Waals surface area contributed by atoms with E-state index in [1.54, 1.807) is 11.8 Å². The predicted molar refractivity (Wildman–Crippen MR) is 70.2 cm³/mol. The van der Waals surface area contributed by atoms with Gasteiger partial charge >= 0.3 is 0 Å². The summed E-state index contributed by atoms with van der Waals surface area (Å²) < 4.78 is 5.50. The molecule has 1 amide bonds. The molecule has 1 aliphatic heterocycles. The van der Waals surface area contributed by atoms with Gasteiger partial charge in [-0.25, -0.2) is 0 Å². The monoisotopic (exact) mass is 261 g/mol. The molecule has 0 bridgehead atoms. The van der Waals surface area contributed by atoms with Gasteiger partial charge in [0.15, 0.2) is 0 Å². The molecule has 0 radical (unpaired) electrons. The number of carbonyl (C=O) groups is 1. The first-order valence-corrected chi connectivity index (χ1v) is 7.53. The Kier molecular flexibility index (Phi) is 7.64. The summed E-state index contributed by atoms with van der Waals surface area (Å²) in [7, 11) is 0. The Bertz CT molecular complexity index is 226. The van der Waals surface area contributed by atoms with Crippen LogP contribution in [0.1, 0.15) is 26.2 Å². The lowest BCUT2D eigenvalue weighted by atomic mass is 9.99. The summed E-state index contributed by atoms with van der Waals surface area (Å²) in [6, 6.07) is 0. The predicted octanol–water partition coefficient (Wildman–Crippen LogP) is 1.03. The van der Waals surface area contributed by atoms with Crippen LogP contribution < -0.4 is 5.32 Å². The number of hydrogen-bond acceptors (Lipinski definition) is 4. The summed E-state index contributed by atoms with van der Waals surface area (Å²) in [6.07, 6.45) is 2.69. The van der Waals surface area contributed by atoms with Crippen LogP contribution in [0.25, 0.3) is 0 Å². The van der Waals surface area contributed by atoms with Crippen LogP contribution in [0.2, 0.25) is 0 Å². The summed E-state index contributed by atoms with van der Waals surface area (Å²) in [4.78, 5) is 11.9. The molecule has 1 saturated heterocycles. The van der Waals surface area contributed by atoms with Gasteiger partial charge in [-0.05, 0) is 25.0 Å². The molecule has 1 aliphatic rings. The van der Waals surface area contributed by atoms with Gasteiger partial charge in [-0.15, -0.1) is 0 Å². The zero-order valence-corrected chi connectivity index (χ0v) is 11.3. The van der Waals surface area contributed by atoms with E-state index in [4.69, 9.17) is 9.84 Å². The minimum absolute atomic E-state index is 0.0439. The first-order chi connectivity index (χ1) is 8.29. The SMILES string of the molecule is CCC1OCCC1C(=O)NCCSCCCO. The zero-order chi connectivity index (χ0) is 12.5. The highest BCUT2D eigenvalue weighted by Crippen LogP contribution is 2.23. The third kappa shape index (κ3) is 5.27. The highest BCUT2D eigenvalue weighted by atomic mass is 32.2. The number of aliphatic hydroxyl groups is 1. The van der Waals surface area contributed by atoms with Crippen molar-refractivity contribution in [1.29, 1.82) is 0 Å². The van der Waals surface area contributed by atoms with Crippen LogP contribution >= 0.6 is 11.8 Å². The maximum atomic E-state index is 11.9. The van der Waals surface area contributed by atoms with E-state index in [1.165, 1.54) is 0 Å². The van der Waals surface area contributed by atoms with Crippen molar-refractivity contribution in [2.24, 2.45) is 5.92 Å². The average molecular weight is 261 g/mol. The van der Waals surface area contributed by atoms with E-state index in [9.17, 15) is 4.79 Å². The molecule has 2 N–H and O–H groups in total. The molecule has 4 nitrogen and oxygen atoms in total. The number of thioether (sulfide) groups is 1. The minimum Gasteiger partial charge on any atom is -0.396 e. The van der Waals surface area contributed by atoms with Gasteiger partial charge < -0.3 is 15.2 Å². The number of rotatable bonds is 8. The van der Waals surface area contributed by atoms with E-state index in [2.05, 4.69) is 12.2 Å². The fourth-order valence-corrected chi connectivity index (χ4v) is 2.78. The van der Waals surface area contributed by atoms with Crippen LogP contribution in [0, 0.1) is 5.92 Å². The summed E-state index contributed by atoms with van der Waals surface area (Å²) in [5.74, 6) is 2.05. The van der Waals surface area contributed by atoms with Gasteiger partial charge in [0.2, 0.25) is 5.91 Å². The van der Waals surface area contributed by atoms with Crippen molar-refractivity contribution in [3.63, 3.8) is 0 Å². The summed E-state index contributed by atoms with van der Waals surface area (Å²) in [5.41, 5.74) is 0. The van der Waals surface area contributed by atoms with Crippen LogP contribution in [0.15, 0.2) is 0 Å². The number of amides is 1. The second kappa shape index (κ2) is 8.78. The topological polar surface area (TPSA) is 58.6 Å². The minimum atomic E-state index is 0.0439. The van der Waals surface area contributed by atoms with Crippen molar-refractivity contribution in [1.82, 2.24) is 5.32 Å². The highest BCUT2D eigenvalue weighted by molar-refractivity contribution is 7.99. The van der Waals surface area contributed by atoms with Crippen molar-refractivity contribution < 1.29 is 14.6 Å². The van der Waals surface area contributed by atoms with Crippen LogP contribution in [0.5, 0.6) is 0 Å². The quantitative estimate of drug-likeness (QED) is 0.641. The molecule has 0 saturated carbocycles. The lowest BCUT2D eigenvalue weighted by Gasteiger charge is -2.16. The summed E-state index contributed by atoms with van der Waals surface area (Å²) in [5, 5.41) is 11.6. The van der Waals surface area contributed by atoms with Crippen molar-refractivity contribution in [3.05, 3.63) is 0 Å². The second-order valence-electron chi connectivity index (χ2n) is 4.19. The van der Waals surface area contributed by atoms with Crippen LogP contribution in [-0.4, -0.2) is 48.4 Å². The van der Waals surface area contributed by atoms with Crippen molar-refractivity contribution >= 4 is 17.7 Å². The Balaban J connectivity index is 2.08. The van der Waals surface area contributed by atoms with Gasteiger partial charge in [-0.2, -0.15) is 11.8 Å². The number of carbonyl (C=O) groups excluding carboxylic acids is 1. The number of hydrogen-bond donors (Lipinski definition) is 2. The van der Waals surface area contributed by atoms with Crippen molar-refractivity contribution in [2.45, 2.75) is 32.3 Å². The van der Waals surface area contributed by atoms with Gasteiger partial charge in [0, 0.05) is 25.5 Å². The smallest absolute Gasteiger partial charge is 0.225 e. The normalized spacial score (nSPS) is 23.9. The van der Waals surface area contributed by atoms with E-state index >= 15 is 0 Å². The third-order valence-electron chi connectivity index (χ3n) is 2.94. The lowest BCUT2D eigenvalue weighted by Crippen LogP contribution is -2.36. The molecule has 1 fully saturated rings. The Hall–Kier alpha value is -0.260. The van der Waals surface area contributed by atoms with Crippen LogP contribution in [0.3, 0.4) is 0 Å². The van der Waals surface area contributed by atoms with Gasteiger partial charge in [-0.3, -0.25) is 4.79 Å². The van der Waals surface area contributed by atoms with E-state index in [0.29, 0.717) is 13.2 Å². The molecule has 100 valence electrons. The molecule has 0 aromatic heterocycles. The standard InChI is InChI=1S/C12H23NO3S/c1-2-11-10(4-7-16-11)12(15)13-5-9-17-8-3-6-14/h10-11,14H,2-9H2,1H3,(H,13,15). The fraction of sp³-hybridized carbons (Fsp3) is 0.917. The first kappa shape index (κ1) is 14.8. The maximum Gasteiger partial charge on any atom is 0.225 e. The fourth-order valence-electron chi connectivity index (χ4n) is 2.00. The average Bonchev–Trinajstić information content (AvgIpc) is 2.81. The maximum absolute atomic E-state index is 11.9. The molecular formula is C12H23NO3S. The Morgan fingerprint density at radius 1 is 1.53 bits per heavy atom. The molecule has 1 heterocycles. The summed E-state index contributed by atoms with van der Waals surface area (Å²) in [6.45, 7) is 3.72. The molecule has 5 heteroatoms. The van der Waals surface area contributed by atoms with E-state index in [0.717, 1.165) is 30.8 Å². The number of ether oxygens (including phenoxy) is 1. The first-order valence-electron chi connectivity index (χ1n) is 6.37. The summed E-state index contributed by atoms with van der Waals surface area (Å²) >= 11 is 1.76. The third-order valence-corrected chi connectivity index (χ3v) is 4.01. The van der Waals surface area contributed by atoms with Gasteiger partial charge in [-0.1, -0.05) is 6.92 Å². The van der Waals surface area contributed by atoms with Crippen molar-refractivity contribution in [2.75, 3.05) is 31.3 Å². The van der Waals surface area contributed by atoms with Gasteiger partial charge in [0.05, 0.1) is 12.0 Å². The Labute approximate surface area is 107 Å². The molecule has 0 aliphatic carbocycles. The highest BCUT2D eigenvalue weighted by Gasteiger charge is 2.32. The zero-order valence-electron chi connectivity index (χ0n) is 10.5. The molecule has 17 heavy (non-hydrogen) atoms. The van der Waals surface area contributed by atoms with Crippen LogP contribution in [-0.2, 0) is 9.53 Å². The molecule has 1 rings (SSSR count). The number of nitrogens with one attached hydrogen (secondary N) is 1. The van der Waals surface area contributed by atoms with Crippen LogP contribution in [0.4, 0.5) is 0 Å². The van der Waals surface area contributed by atoms with Gasteiger partial charge in [0.25, 0.3) is 0 Å². The largest absolute Gasteiger partial charge is 0.396 e. The van der Waals surface area contributed by atoms with Gasteiger partial charge in [0.1, 0.15) is 0 Å².